The van der Waals surface area contributed by atoms with Crippen LogP contribution in [0.3, 0.4) is 0 Å². The van der Waals surface area contributed by atoms with Gasteiger partial charge in [0.2, 0.25) is 0 Å². The van der Waals surface area contributed by atoms with Crippen LogP contribution in [0.4, 0.5) is 11.4 Å². The number of fused-ring (bicyclic) bond motifs is 1. The van der Waals surface area contributed by atoms with Gasteiger partial charge in [0.15, 0.2) is 0 Å². The molecule has 2 N–H and O–H groups in total. The molecule has 23 heavy (non-hydrogen) atoms. The van der Waals surface area contributed by atoms with Crippen LogP contribution in [-0.4, -0.2) is 4.99 Å². The quantitative estimate of drug-likeness (QED) is 0.459. The molecule has 3 rings (SSSR count). The molecule has 0 fully saturated rings. The Balaban J connectivity index is 1.86. The summed E-state index contributed by atoms with van der Waals surface area (Å²) in [6.45, 7) is 4.07. The normalized spacial score (nSPS) is 14.5. The number of nitriles is 1. The number of aryl methyl sites for hydroxylation is 2. The lowest BCUT2D eigenvalue weighted by molar-refractivity contribution is 1.38. The van der Waals surface area contributed by atoms with Crippen molar-refractivity contribution in [2.75, 3.05) is 10.6 Å². The van der Waals surface area contributed by atoms with E-state index in [0.29, 0.717) is 10.6 Å². The highest BCUT2D eigenvalue weighted by Gasteiger charge is 2.21. The van der Waals surface area contributed by atoms with Crippen molar-refractivity contribution in [3.05, 3.63) is 64.2 Å². The van der Waals surface area contributed by atoms with Crippen LogP contribution in [0.15, 0.2) is 58.0 Å². The molecule has 0 radical (unpaired) electrons. The maximum absolute atomic E-state index is 9.54. The molecule has 0 unspecified atom stereocenters. The van der Waals surface area contributed by atoms with Gasteiger partial charge in [-0.15, -0.1) is 0 Å². The monoisotopic (exact) mass is 337 g/mol. The second-order valence-corrected chi connectivity index (χ2v) is 6.77. The van der Waals surface area contributed by atoms with Gasteiger partial charge >= 0.3 is 0 Å². The van der Waals surface area contributed by atoms with Gasteiger partial charge in [0.1, 0.15) is 16.6 Å². The van der Waals surface area contributed by atoms with Crippen molar-refractivity contribution in [1.29, 1.82) is 5.26 Å². The number of nitrogens with zero attached hydrogens (tertiary/aromatic N) is 1. The Morgan fingerprint density at radius 2 is 2.00 bits per heavy atom. The summed E-state index contributed by atoms with van der Waals surface area (Å²) in [4.78, 5) is 1.53. The number of rotatable bonds is 2. The Morgan fingerprint density at radius 3 is 2.70 bits per heavy atom. The third-order valence-electron chi connectivity index (χ3n) is 3.54. The van der Waals surface area contributed by atoms with Crippen LogP contribution >= 0.6 is 24.0 Å². The molecule has 1 heterocycles. The SMILES string of the molecule is Cc1ccc(NC(=S)C(C#N)=C2Nc3ccccc3S2)c(C)c1. The third-order valence-corrected chi connectivity index (χ3v) is 4.94. The summed E-state index contributed by atoms with van der Waals surface area (Å²) in [7, 11) is 0. The van der Waals surface area contributed by atoms with Crippen molar-refractivity contribution in [3.63, 3.8) is 0 Å². The smallest absolute Gasteiger partial charge is 0.124 e. The van der Waals surface area contributed by atoms with Crippen LogP contribution in [0.25, 0.3) is 0 Å². The molecule has 114 valence electrons. The van der Waals surface area contributed by atoms with E-state index < -0.39 is 0 Å². The fourth-order valence-electron chi connectivity index (χ4n) is 2.37. The van der Waals surface area contributed by atoms with Crippen LogP contribution in [0.2, 0.25) is 0 Å². The maximum Gasteiger partial charge on any atom is 0.124 e. The van der Waals surface area contributed by atoms with Crippen molar-refractivity contribution in [1.82, 2.24) is 0 Å². The Labute approximate surface area is 145 Å². The molecule has 0 aliphatic carbocycles. The minimum absolute atomic E-state index is 0.433. The topological polar surface area (TPSA) is 47.9 Å². The summed E-state index contributed by atoms with van der Waals surface area (Å²) in [6, 6.07) is 16.3. The average molecular weight is 337 g/mol. The molecule has 0 aromatic heterocycles. The zero-order valence-electron chi connectivity index (χ0n) is 12.8. The molecule has 0 spiro atoms. The van der Waals surface area contributed by atoms with E-state index in [2.05, 4.69) is 22.8 Å². The highest BCUT2D eigenvalue weighted by atomic mass is 32.2. The first-order valence-electron chi connectivity index (χ1n) is 7.15. The number of benzene rings is 2. The van der Waals surface area contributed by atoms with E-state index in [-0.39, 0.29) is 0 Å². The van der Waals surface area contributed by atoms with E-state index >= 15 is 0 Å². The molecular formula is C18H15N3S2. The average Bonchev–Trinajstić information content (AvgIpc) is 2.94. The molecule has 5 heteroatoms. The highest BCUT2D eigenvalue weighted by Crippen LogP contribution is 2.42. The first-order valence-corrected chi connectivity index (χ1v) is 8.38. The second kappa shape index (κ2) is 6.45. The number of nitrogens with one attached hydrogen (secondary N) is 2. The molecule has 0 saturated carbocycles. The summed E-state index contributed by atoms with van der Waals surface area (Å²) in [5, 5.41) is 16.8. The van der Waals surface area contributed by atoms with Crippen molar-refractivity contribution >= 4 is 40.3 Å². The standard InChI is InChI=1S/C18H15N3S2/c1-11-7-8-14(12(2)9-11)20-17(22)13(10-19)18-21-15-5-3-4-6-16(15)23-18/h3-9,21H,1-2H3,(H,20,22). The summed E-state index contributed by atoms with van der Waals surface area (Å²) in [5.41, 5.74) is 4.69. The molecule has 2 aromatic rings. The minimum Gasteiger partial charge on any atom is -0.348 e. The molecule has 1 aliphatic heterocycles. The molecule has 2 aromatic carbocycles. The van der Waals surface area contributed by atoms with Crippen LogP contribution in [0, 0.1) is 25.2 Å². The van der Waals surface area contributed by atoms with Gasteiger partial charge < -0.3 is 10.6 Å². The van der Waals surface area contributed by atoms with Gasteiger partial charge in [0.05, 0.1) is 10.7 Å². The number of para-hydroxylation sites is 1. The van der Waals surface area contributed by atoms with Gasteiger partial charge in [-0.2, -0.15) is 5.26 Å². The number of thiocarbonyl (C=S) groups is 1. The van der Waals surface area contributed by atoms with Crippen molar-refractivity contribution in [2.24, 2.45) is 0 Å². The number of anilines is 2. The fraction of sp³-hybridized carbons (Fsp3) is 0.111. The highest BCUT2D eigenvalue weighted by molar-refractivity contribution is 8.03. The molecule has 1 aliphatic rings. The van der Waals surface area contributed by atoms with Gasteiger partial charge in [-0.1, -0.05) is 53.8 Å². The molecular weight excluding hydrogens is 322 g/mol. The molecule has 0 saturated heterocycles. The van der Waals surface area contributed by atoms with Gasteiger partial charge in [-0.05, 0) is 37.6 Å². The Morgan fingerprint density at radius 1 is 1.22 bits per heavy atom. The Bertz CT molecular complexity index is 836. The first kappa shape index (κ1) is 15.6. The number of hydrogen-bond donors (Lipinski definition) is 2. The van der Waals surface area contributed by atoms with Crippen LogP contribution in [0.5, 0.6) is 0 Å². The largest absolute Gasteiger partial charge is 0.348 e. The Hall–Kier alpha value is -2.29. The van der Waals surface area contributed by atoms with E-state index in [1.807, 2.05) is 50.2 Å². The van der Waals surface area contributed by atoms with Gasteiger partial charge in [0.25, 0.3) is 0 Å². The lowest BCUT2D eigenvalue weighted by Gasteiger charge is -2.12. The predicted octanol–water partition coefficient (Wildman–Crippen LogP) is 5.00. The predicted molar refractivity (Wildman–Crippen MR) is 101 cm³/mol. The summed E-state index contributed by atoms with van der Waals surface area (Å²) in [5.74, 6) is 0. The van der Waals surface area contributed by atoms with Crippen molar-refractivity contribution < 1.29 is 0 Å². The summed E-state index contributed by atoms with van der Waals surface area (Å²) < 4.78 is 0. The lowest BCUT2D eigenvalue weighted by Crippen LogP contribution is -2.14. The summed E-state index contributed by atoms with van der Waals surface area (Å²) >= 11 is 6.98. The summed E-state index contributed by atoms with van der Waals surface area (Å²) in [6.07, 6.45) is 0. The van der Waals surface area contributed by atoms with Gasteiger partial charge in [-0.3, -0.25) is 0 Å². The fourth-order valence-corrected chi connectivity index (χ4v) is 3.70. The van der Waals surface area contributed by atoms with Crippen molar-refractivity contribution in [3.8, 4) is 6.07 Å². The minimum atomic E-state index is 0.433. The van der Waals surface area contributed by atoms with Gasteiger partial charge in [-0.25, -0.2) is 0 Å². The van der Waals surface area contributed by atoms with E-state index in [4.69, 9.17) is 12.2 Å². The van der Waals surface area contributed by atoms with E-state index in [9.17, 15) is 5.26 Å². The maximum atomic E-state index is 9.54. The Kier molecular flexibility index (Phi) is 4.37. The zero-order chi connectivity index (χ0) is 16.4. The first-order chi connectivity index (χ1) is 11.1. The molecule has 3 nitrogen and oxygen atoms in total. The molecule has 0 bridgehead atoms. The van der Waals surface area contributed by atoms with Crippen molar-refractivity contribution in [2.45, 2.75) is 18.7 Å². The van der Waals surface area contributed by atoms with Crippen LogP contribution in [-0.2, 0) is 0 Å². The number of thioether (sulfide) groups is 1. The van der Waals surface area contributed by atoms with E-state index in [0.717, 1.165) is 26.9 Å². The third kappa shape index (κ3) is 3.24. The van der Waals surface area contributed by atoms with Gasteiger partial charge in [0, 0.05) is 10.6 Å². The van der Waals surface area contributed by atoms with Crippen LogP contribution < -0.4 is 10.6 Å². The second-order valence-electron chi connectivity index (χ2n) is 5.31. The lowest BCUT2D eigenvalue weighted by atomic mass is 10.1. The van der Waals surface area contributed by atoms with E-state index in [1.54, 1.807) is 0 Å². The zero-order valence-corrected chi connectivity index (χ0v) is 14.4. The molecule has 0 amide bonds. The van der Waals surface area contributed by atoms with E-state index in [1.165, 1.54) is 17.3 Å². The number of hydrogen-bond acceptors (Lipinski definition) is 4. The molecule has 0 atom stereocenters. The van der Waals surface area contributed by atoms with Crippen LogP contribution in [0.1, 0.15) is 11.1 Å².